The van der Waals surface area contributed by atoms with Gasteiger partial charge in [-0.25, -0.2) is 0 Å². The number of phenols is 1. The van der Waals surface area contributed by atoms with E-state index < -0.39 is 8.32 Å². The lowest BCUT2D eigenvalue weighted by Crippen LogP contribution is -2.66. The lowest BCUT2D eigenvalue weighted by molar-refractivity contribution is -0.143. The minimum absolute atomic E-state index is 0.0226. The van der Waals surface area contributed by atoms with Crippen molar-refractivity contribution >= 4 is 36.6 Å². The third-order valence-corrected chi connectivity index (χ3v) is 17.4. The van der Waals surface area contributed by atoms with Gasteiger partial charge in [0.2, 0.25) is 11.8 Å². The fourth-order valence-electron chi connectivity index (χ4n) is 10.00. The van der Waals surface area contributed by atoms with E-state index in [0.717, 1.165) is 62.5 Å². The highest BCUT2D eigenvalue weighted by molar-refractivity contribution is 6.99. The molecular formula is C46H57NO5Si. The van der Waals surface area contributed by atoms with Crippen molar-refractivity contribution in [2.75, 3.05) is 13.2 Å². The molecular weight excluding hydrogens is 675 g/mol. The van der Waals surface area contributed by atoms with E-state index in [2.05, 4.69) is 94.4 Å². The summed E-state index contributed by atoms with van der Waals surface area (Å²) in [5.41, 5.74) is 4.81. The van der Waals surface area contributed by atoms with Crippen LogP contribution in [0.1, 0.15) is 97.5 Å². The molecule has 2 aliphatic heterocycles. The van der Waals surface area contributed by atoms with E-state index in [1.54, 1.807) is 17.0 Å². The van der Waals surface area contributed by atoms with Crippen LogP contribution in [0.25, 0.3) is 6.08 Å². The van der Waals surface area contributed by atoms with Crippen LogP contribution in [0.15, 0.2) is 102 Å². The Morgan fingerprint density at radius 2 is 1.51 bits per heavy atom. The molecule has 0 radical (unpaired) electrons. The lowest BCUT2D eigenvalue weighted by atomic mass is 9.69. The van der Waals surface area contributed by atoms with Crippen molar-refractivity contribution in [3.8, 4) is 5.75 Å². The van der Waals surface area contributed by atoms with Crippen LogP contribution in [0.5, 0.6) is 5.75 Å². The van der Waals surface area contributed by atoms with Crippen molar-refractivity contribution in [1.82, 2.24) is 4.90 Å². The monoisotopic (exact) mass is 731 g/mol. The zero-order chi connectivity index (χ0) is 37.2. The van der Waals surface area contributed by atoms with E-state index in [-0.39, 0.29) is 52.5 Å². The SMILES string of the molecule is CCC/C(=C\c1ccc(O)cc1)CC[C@H]1OC[C@H]2C1=C(CO[Si](c1ccccc1)(c1ccccc1)C(C)(C)C)C[C@H]1C(=O)N(C3CCCCC3)C(=O)[C@H]12. The average molecular weight is 732 g/mol. The van der Waals surface area contributed by atoms with Gasteiger partial charge in [-0.3, -0.25) is 14.5 Å². The molecule has 1 N–H and O–H groups in total. The molecule has 3 aromatic rings. The van der Waals surface area contributed by atoms with Crippen LogP contribution in [0, 0.1) is 17.8 Å². The Morgan fingerprint density at radius 1 is 0.868 bits per heavy atom. The molecule has 3 fully saturated rings. The minimum Gasteiger partial charge on any atom is -0.508 e. The molecule has 2 heterocycles. The molecule has 1 saturated carbocycles. The number of phenolic OH excluding ortho intramolecular Hbond substituents is 1. The summed E-state index contributed by atoms with van der Waals surface area (Å²) in [5.74, 6) is -0.505. The van der Waals surface area contributed by atoms with E-state index >= 15 is 0 Å². The maximum atomic E-state index is 14.4. The van der Waals surface area contributed by atoms with Gasteiger partial charge in [-0.05, 0) is 82.8 Å². The second-order valence-corrected chi connectivity index (χ2v) is 21.1. The summed E-state index contributed by atoms with van der Waals surface area (Å²) in [6, 6.07) is 28.9. The topological polar surface area (TPSA) is 76.1 Å². The Morgan fingerprint density at radius 3 is 2.11 bits per heavy atom. The predicted molar refractivity (Wildman–Crippen MR) is 214 cm³/mol. The largest absolute Gasteiger partial charge is 0.508 e. The molecule has 7 heteroatoms. The van der Waals surface area contributed by atoms with E-state index in [4.69, 9.17) is 9.16 Å². The molecule has 4 atom stereocenters. The summed E-state index contributed by atoms with van der Waals surface area (Å²) in [5, 5.41) is 12.1. The zero-order valence-corrected chi connectivity index (χ0v) is 33.1. The Bertz CT molecular complexity index is 1770. The Kier molecular flexibility index (Phi) is 11.3. The van der Waals surface area contributed by atoms with Crippen LogP contribution in [0.3, 0.4) is 0 Å². The number of aromatic hydroxyl groups is 1. The highest BCUT2D eigenvalue weighted by Crippen LogP contribution is 2.51. The number of carbonyl (C=O) groups excluding carboxylic acids is 2. The first kappa shape index (κ1) is 37.5. The second-order valence-electron chi connectivity index (χ2n) is 16.8. The molecule has 3 aromatic carbocycles. The van der Waals surface area contributed by atoms with Gasteiger partial charge < -0.3 is 14.3 Å². The first-order valence-corrected chi connectivity index (χ1v) is 22.0. The van der Waals surface area contributed by atoms with Gasteiger partial charge in [0.15, 0.2) is 0 Å². The third kappa shape index (κ3) is 7.37. The molecule has 4 aliphatic rings. The van der Waals surface area contributed by atoms with Gasteiger partial charge in [-0.15, -0.1) is 0 Å². The smallest absolute Gasteiger partial charge is 0.261 e. The number of hydrogen-bond donors (Lipinski definition) is 1. The van der Waals surface area contributed by atoms with Gasteiger partial charge in [0, 0.05) is 12.0 Å². The number of rotatable bonds is 12. The van der Waals surface area contributed by atoms with Crippen molar-refractivity contribution in [2.24, 2.45) is 17.8 Å². The summed E-state index contributed by atoms with van der Waals surface area (Å²) in [7, 11) is -2.86. The Balaban J connectivity index is 1.25. The van der Waals surface area contributed by atoms with E-state index in [0.29, 0.717) is 19.6 Å². The molecule has 0 bridgehead atoms. The van der Waals surface area contributed by atoms with E-state index in [9.17, 15) is 14.7 Å². The first-order valence-electron chi connectivity index (χ1n) is 20.1. The number of fused-ring (bicyclic) bond motifs is 3. The van der Waals surface area contributed by atoms with Gasteiger partial charge in [0.25, 0.3) is 8.32 Å². The zero-order valence-electron chi connectivity index (χ0n) is 32.1. The number of allylic oxidation sites excluding steroid dienone is 1. The average Bonchev–Trinajstić information content (AvgIpc) is 3.70. The summed E-state index contributed by atoms with van der Waals surface area (Å²) in [6.45, 7) is 9.99. The van der Waals surface area contributed by atoms with Crippen LogP contribution in [-0.2, 0) is 18.8 Å². The fourth-order valence-corrected chi connectivity index (χ4v) is 14.5. The summed E-state index contributed by atoms with van der Waals surface area (Å²) >= 11 is 0. The number of benzene rings is 3. The molecule has 2 aliphatic carbocycles. The lowest BCUT2D eigenvalue weighted by Gasteiger charge is -2.44. The maximum absolute atomic E-state index is 14.4. The third-order valence-electron chi connectivity index (χ3n) is 12.4. The number of nitrogens with zero attached hydrogens (tertiary/aromatic N) is 1. The molecule has 0 unspecified atom stereocenters. The number of likely N-dealkylation sites (tertiary alicyclic amines) is 1. The van der Waals surface area contributed by atoms with Gasteiger partial charge in [0.05, 0.1) is 31.2 Å². The van der Waals surface area contributed by atoms with Crippen molar-refractivity contribution in [2.45, 2.75) is 109 Å². The second kappa shape index (κ2) is 15.9. The Labute approximate surface area is 317 Å². The number of hydrogen-bond acceptors (Lipinski definition) is 5. The summed E-state index contributed by atoms with van der Waals surface area (Å²) < 4.78 is 14.3. The van der Waals surface area contributed by atoms with E-state index in [1.165, 1.54) is 27.9 Å². The normalized spacial score (nSPS) is 24.2. The predicted octanol–water partition coefficient (Wildman–Crippen LogP) is 8.58. The molecule has 6 nitrogen and oxygen atoms in total. The molecule has 0 aromatic heterocycles. The van der Waals surface area contributed by atoms with Crippen LogP contribution in [0.4, 0.5) is 0 Å². The number of amides is 2. The molecule has 2 saturated heterocycles. The van der Waals surface area contributed by atoms with Crippen LogP contribution in [-0.4, -0.2) is 55.5 Å². The van der Waals surface area contributed by atoms with Crippen LogP contribution < -0.4 is 10.4 Å². The van der Waals surface area contributed by atoms with Crippen molar-refractivity contribution < 1.29 is 23.9 Å². The number of imide groups is 1. The standard InChI is InChI=1S/C46H57NO5Si/c1-5-15-32(28-33-22-25-36(48)26-23-33)24-27-41-42-34(29-39-43(40(42)31-51-41)45(50)47(44(39)49)35-16-9-6-10-17-35)30-52-53(46(2,3)4,37-18-11-7-12-19-37)38-20-13-8-14-21-38/h7-8,11-14,18-23,25-26,28,35,39-41,43,48H,5-6,9-10,15-17,24,27,29-31H2,1-4H3/b32-28+/t39-,40+,41-,43-/m1/s1. The van der Waals surface area contributed by atoms with Crippen LogP contribution >= 0.6 is 0 Å². The molecule has 0 spiro atoms. The quantitative estimate of drug-likeness (QED) is 0.115. The van der Waals surface area contributed by atoms with Gasteiger partial charge in [0.1, 0.15) is 5.75 Å². The van der Waals surface area contributed by atoms with Crippen molar-refractivity contribution in [3.05, 3.63) is 107 Å². The fraction of sp³-hybridized carbons (Fsp3) is 0.478. The Hall–Kier alpha value is -3.78. The first-order chi connectivity index (χ1) is 25.6. The molecule has 53 heavy (non-hydrogen) atoms. The highest BCUT2D eigenvalue weighted by Gasteiger charge is 2.59. The molecule has 280 valence electrons. The molecule has 2 amide bonds. The minimum atomic E-state index is -2.86. The van der Waals surface area contributed by atoms with Crippen molar-refractivity contribution in [1.29, 1.82) is 0 Å². The molecule has 7 rings (SSSR count). The van der Waals surface area contributed by atoms with Crippen LogP contribution in [0.2, 0.25) is 5.04 Å². The van der Waals surface area contributed by atoms with Gasteiger partial charge in [-0.1, -0.05) is 138 Å². The van der Waals surface area contributed by atoms with Gasteiger partial charge in [-0.2, -0.15) is 0 Å². The number of carbonyl (C=O) groups is 2. The number of ether oxygens (including phenoxy) is 1. The van der Waals surface area contributed by atoms with E-state index in [1.807, 2.05) is 12.1 Å². The van der Waals surface area contributed by atoms with Gasteiger partial charge >= 0.3 is 0 Å². The summed E-state index contributed by atoms with van der Waals surface area (Å²) in [4.78, 5) is 30.4. The van der Waals surface area contributed by atoms with Crippen molar-refractivity contribution in [3.63, 3.8) is 0 Å². The maximum Gasteiger partial charge on any atom is 0.261 e. The highest BCUT2D eigenvalue weighted by atomic mass is 28.4. The summed E-state index contributed by atoms with van der Waals surface area (Å²) in [6.07, 6.45) is 11.5.